The van der Waals surface area contributed by atoms with Gasteiger partial charge in [-0.25, -0.2) is 0 Å². The van der Waals surface area contributed by atoms with Gasteiger partial charge in [0.05, 0.1) is 0 Å². The molecular formula is C17H22N4O2. The number of fused-ring (bicyclic) bond motifs is 2. The number of carbonyl (C=O) groups excluding carboxylic acids is 2. The molecule has 1 saturated carbocycles. The zero-order valence-electron chi connectivity index (χ0n) is 13.1. The number of piperidine rings is 1. The van der Waals surface area contributed by atoms with E-state index in [-0.39, 0.29) is 11.6 Å². The lowest BCUT2D eigenvalue weighted by molar-refractivity contribution is -0.137. The minimum Gasteiger partial charge on any atom is -0.364 e. The number of aromatic amines is 1. The molecule has 3 unspecified atom stereocenters. The van der Waals surface area contributed by atoms with Crippen LogP contribution in [0.4, 0.5) is 0 Å². The maximum absolute atomic E-state index is 12.7. The molecule has 2 bridgehead atoms. The van der Waals surface area contributed by atoms with Crippen molar-refractivity contribution in [3.63, 3.8) is 0 Å². The number of likely N-dealkylation sites (tertiary alicyclic amines) is 1. The van der Waals surface area contributed by atoms with Crippen LogP contribution in [0.25, 0.3) is 0 Å². The molecule has 3 atom stereocenters. The SMILES string of the molecule is NC(=O)c1cc(C2CCN(C(=O)C3CC4C=CC3C4)CC2)[nH]n1. The molecular weight excluding hydrogens is 292 g/mol. The molecule has 1 saturated heterocycles. The van der Waals surface area contributed by atoms with E-state index in [0.717, 1.165) is 44.5 Å². The Morgan fingerprint density at radius 3 is 2.57 bits per heavy atom. The standard InChI is InChI=1S/C17H22N4O2/c18-16(22)15-9-14(19-20-15)11-3-5-21(6-4-11)17(23)13-8-10-1-2-12(13)7-10/h1-2,9-13H,3-8H2,(H2,18,22)(H,19,20). The van der Waals surface area contributed by atoms with E-state index in [0.29, 0.717) is 23.7 Å². The normalized spacial score (nSPS) is 30.1. The molecule has 1 aliphatic heterocycles. The zero-order valence-corrected chi connectivity index (χ0v) is 13.1. The molecule has 1 aromatic heterocycles. The van der Waals surface area contributed by atoms with Crippen molar-refractivity contribution in [2.75, 3.05) is 13.1 Å². The summed E-state index contributed by atoms with van der Waals surface area (Å²) in [5.41, 5.74) is 6.48. The van der Waals surface area contributed by atoms with Crippen LogP contribution in [-0.2, 0) is 4.79 Å². The Morgan fingerprint density at radius 2 is 2.00 bits per heavy atom. The third-order valence-corrected chi connectivity index (χ3v) is 5.69. The fraction of sp³-hybridized carbons (Fsp3) is 0.588. The molecule has 122 valence electrons. The molecule has 2 fully saturated rings. The number of carbonyl (C=O) groups is 2. The first kappa shape index (κ1) is 14.5. The van der Waals surface area contributed by atoms with Crippen molar-refractivity contribution in [2.24, 2.45) is 23.5 Å². The highest BCUT2D eigenvalue weighted by Gasteiger charge is 2.42. The average Bonchev–Trinajstić information content (AvgIpc) is 3.30. The van der Waals surface area contributed by atoms with Crippen molar-refractivity contribution < 1.29 is 9.59 Å². The van der Waals surface area contributed by atoms with E-state index < -0.39 is 5.91 Å². The highest BCUT2D eigenvalue weighted by molar-refractivity contribution is 5.90. The van der Waals surface area contributed by atoms with Gasteiger partial charge in [-0.1, -0.05) is 12.2 Å². The molecule has 1 aromatic rings. The van der Waals surface area contributed by atoms with Gasteiger partial charge in [-0.3, -0.25) is 14.7 Å². The number of allylic oxidation sites excluding steroid dienone is 2. The number of aromatic nitrogens is 2. The molecule has 2 heterocycles. The number of nitrogens with two attached hydrogens (primary N) is 1. The number of nitrogens with one attached hydrogen (secondary N) is 1. The van der Waals surface area contributed by atoms with Crippen LogP contribution in [0.3, 0.4) is 0 Å². The van der Waals surface area contributed by atoms with E-state index in [1.165, 1.54) is 0 Å². The first-order chi connectivity index (χ1) is 11.1. The molecule has 2 aliphatic carbocycles. The molecule has 0 aromatic carbocycles. The van der Waals surface area contributed by atoms with Crippen molar-refractivity contribution in [2.45, 2.75) is 31.6 Å². The van der Waals surface area contributed by atoms with Crippen molar-refractivity contribution >= 4 is 11.8 Å². The van der Waals surface area contributed by atoms with E-state index in [1.807, 2.05) is 4.90 Å². The van der Waals surface area contributed by atoms with Crippen molar-refractivity contribution in [3.8, 4) is 0 Å². The summed E-state index contributed by atoms with van der Waals surface area (Å²) in [5.74, 6) is 1.45. The summed E-state index contributed by atoms with van der Waals surface area (Å²) < 4.78 is 0. The summed E-state index contributed by atoms with van der Waals surface area (Å²) in [7, 11) is 0. The van der Waals surface area contributed by atoms with Crippen LogP contribution in [0.15, 0.2) is 18.2 Å². The molecule has 6 heteroatoms. The van der Waals surface area contributed by atoms with Gasteiger partial charge in [0, 0.05) is 30.6 Å². The summed E-state index contributed by atoms with van der Waals surface area (Å²) in [6.45, 7) is 1.57. The van der Waals surface area contributed by atoms with Crippen LogP contribution in [0.1, 0.15) is 47.8 Å². The number of H-pyrrole nitrogens is 1. The van der Waals surface area contributed by atoms with Crippen LogP contribution >= 0.6 is 0 Å². The number of hydrogen-bond acceptors (Lipinski definition) is 3. The van der Waals surface area contributed by atoms with Gasteiger partial charge in [0.25, 0.3) is 5.91 Å². The second kappa shape index (κ2) is 5.51. The predicted octanol–water partition coefficient (Wildman–Crippen LogP) is 1.43. The smallest absolute Gasteiger partial charge is 0.269 e. The van der Waals surface area contributed by atoms with Crippen LogP contribution in [-0.4, -0.2) is 40.0 Å². The number of rotatable bonds is 3. The molecule has 6 nitrogen and oxygen atoms in total. The minimum atomic E-state index is -0.510. The lowest BCUT2D eigenvalue weighted by Crippen LogP contribution is -2.42. The Kier molecular flexibility index (Phi) is 3.47. The Labute approximate surface area is 135 Å². The maximum atomic E-state index is 12.7. The van der Waals surface area contributed by atoms with Crippen molar-refractivity contribution in [3.05, 3.63) is 29.6 Å². The summed E-state index contributed by atoms with van der Waals surface area (Å²) >= 11 is 0. The fourth-order valence-electron chi connectivity index (χ4n) is 4.38. The predicted molar refractivity (Wildman–Crippen MR) is 84.5 cm³/mol. The van der Waals surface area contributed by atoms with E-state index in [4.69, 9.17) is 5.73 Å². The largest absolute Gasteiger partial charge is 0.364 e. The molecule has 2 amide bonds. The first-order valence-corrected chi connectivity index (χ1v) is 8.44. The zero-order chi connectivity index (χ0) is 16.0. The van der Waals surface area contributed by atoms with Crippen LogP contribution in [0.2, 0.25) is 0 Å². The van der Waals surface area contributed by atoms with Gasteiger partial charge in [-0.15, -0.1) is 0 Å². The summed E-state index contributed by atoms with van der Waals surface area (Å²) in [4.78, 5) is 25.9. The first-order valence-electron chi connectivity index (χ1n) is 8.44. The van der Waals surface area contributed by atoms with Crippen LogP contribution in [0, 0.1) is 17.8 Å². The van der Waals surface area contributed by atoms with Crippen molar-refractivity contribution in [1.82, 2.24) is 15.1 Å². The molecule has 3 N–H and O–H groups in total. The van der Waals surface area contributed by atoms with Gasteiger partial charge in [-0.05, 0) is 43.6 Å². The third kappa shape index (κ3) is 2.56. The van der Waals surface area contributed by atoms with E-state index in [1.54, 1.807) is 6.07 Å². The number of hydrogen-bond donors (Lipinski definition) is 2. The second-order valence-electron chi connectivity index (χ2n) is 7.06. The molecule has 4 rings (SSSR count). The number of primary amides is 1. The van der Waals surface area contributed by atoms with Gasteiger partial charge in [0.15, 0.2) is 0 Å². The molecule has 23 heavy (non-hydrogen) atoms. The highest BCUT2D eigenvalue weighted by Crippen LogP contribution is 2.44. The lowest BCUT2D eigenvalue weighted by Gasteiger charge is -2.34. The lowest BCUT2D eigenvalue weighted by atomic mass is 9.89. The molecule has 3 aliphatic rings. The summed E-state index contributed by atoms with van der Waals surface area (Å²) in [5, 5.41) is 6.86. The van der Waals surface area contributed by atoms with E-state index in [2.05, 4.69) is 22.3 Å². The number of amides is 2. The van der Waals surface area contributed by atoms with Crippen LogP contribution in [0.5, 0.6) is 0 Å². The van der Waals surface area contributed by atoms with Gasteiger partial charge >= 0.3 is 0 Å². The van der Waals surface area contributed by atoms with Gasteiger partial charge in [0.1, 0.15) is 5.69 Å². The summed E-state index contributed by atoms with van der Waals surface area (Å²) in [6, 6.07) is 1.74. The Balaban J connectivity index is 1.36. The Hall–Kier alpha value is -2.11. The number of nitrogens with zero attached hydrogens (tertiary/aromatic N) is 2. The van der Waals surface area contributed by atoms with Crippen molar-refractivity contribution in [1.29, 1.82) is 0 Å². The Morgan fingerprint density at radius 1 is 1.22 bits per heavy atom. The molecule has 0 spiro atoms. The van der Waals surface area contributed by atoms with Gasteiger partial charge in [-0.2, -0.15) is 5.10 Å². The molecule has 0 radical (unpaired) electrons. The van der Waals surface area contributed by atoms with Gasteiger partial charge in [0.2, 0.25) is 5.91 Å². The third-order valence-electron chi connectivity index (χ3n) is 5.69. The topological polar surface area (TPSA) is 92.1 Å². The highest BCUT2D eigenvalue weighted by atomic mass is 16.2. The van der Waals surface area contributed by atoms with E-state index >= 15 is 0 Å². The quantitative estimate of drug-likeness (QED) is 0.827. The monoisotopic (exact) mass is 314 g/mol. The van der Waals surface area contributed by atoms with Crippen LogP contribution < -0.4 is 5.73 Å². The fourth-order valence-corrected chi connectivity index (χ4v) is 4.38. The maximum Gasteiger partial charge on any atom is 0.269 e. The van der Waals surface area contributed by atoms with E-state index in [9.17, 15) is 9.59 Å². The average molecular weight is 314 g/mol. The summed E-state index contributed by atoms with van der Waals surface area (Å²) in [6.07, 6.45) is 8.51. The Bertz CT molecular complexity index is 657. The second-order valence-corrected chi connectivity index (χ2v) is 7.06. The minimum absolute atomic E-state index is 0.204. The van der Waals surface area contributed by atoms with Gasteiger partial charge < -0.3 is 10.6 Å².